The van der Waals surface area contributed by atoms with Gasteiger partial charge in [-0.1, -0.05) is 5.16 Å². The summed E-state index contributed by atoms with van der Waals surface area (Å²) in [6.07, 6.45) is 6.02. The first-order valence-corrected chi connectivity index (χ1v) is 11.7. The van der Waals surface area contributed by atoms with E-state index in [4.69, 9.17) is 10.6 Å². The molecular weight excluding hydrogens is 484 g/mol. The van der Waals surface area contributed by atoms with Crippen molar-refractivity contribution in [3.8, 4) is 0 Å². The highest BCUT2D eigenvalue weighted by Crippen LogP contribution is 2.41. The smallest absolute Gasteiger partial charge is 0.352 e. The Morgan fingerprint density at radius 3 is 2.88 bits per heavy atom. The molecule has 4 rings (SSSR count). The van der Waals surface area contributed by atoms with Crippen molar-refractivity contribution in [2.24, 2.45) is 5.16 Å². The van der Waals surface area contributed by atoms with Crippen LogP contribution in [0.25, 0.3) is 0 Å². The van der Waals surface area contributed by atoms with Crippen LogP contribution < -0.4 is 11.1 Å². The van der Waals surface area contributed by atoms with Crippen LogP contribution in [0.2, 0.25) is 0 Å². The predicted octanol–water partition coefficient (Wildman–Crippen LogP) is -0.270. The van der Waals surface area contributed by atoms with Crippen LogP contribution in [0.4, 0.5) is 5.82 Å². The van der Waals surface area contributed by atoms with E-state index in [1.807, 2.05) is 0 Å². The van der Waals surface area contributed by atoms with Crippen molar-refractivity contribution < 1.29 is 24.3 Å². The summed E-state index contributed by atoms with van der Waals surface area (Å²) in [5, 5.41) is 16.1. The molecule has 0 aromatic carbocycles. The molecule has 0 radical (unpaired) electrons. The third-order valence-corrected chi connectivity index (χ3v) is 7.10. The Labute approximate surface area is 201 Å². The lowest BCUT2D eigenvalue weighted by molar-refractivity contribution is -0.150. The van der Waals surface area contributed by atoms with Crippen LogP contribution in [0.1, 0.15) is 5.82 Å². The standard InChI is InChI=1S/C19H18N8O5S2/c1-32-26-12(15-23-3-2-10(20)24-15)16(28)25-13-17(29)27-14(19(30)31)9(8-34-18(13)27)7-33-11-6-21-4-5-22-11/h2-6,13,18H,7-8H2,1H3,(H,25,28)(H,30,31)(H2,20,23,24)/t13?,18-/m0/s1. The first-order chi connectivity index (χ1) is 16.4. The van der Waals surface area contributed by atoms with Crippen molar-refractivity contribution in [2.75, 3.05) is 24.3 Å². The van der Waals surface area contributed by atoms with Gasteiger partial charge in [0.25, 0.3) is 11.8 Å². The van der Waals surface area contributed by atoms with Gasteiger partial charge in [-0.15, -0.1) is 23.5 Å². The van der Waals surface area contributed by atoms with Gasteiger partial charge in [0.15, 0.2) is 5.82 Å². The number of aliphatic carboxylic acids is 1. The fraction of sp³-hybridized carbons (Fsp3) is 0.263. The number of carboxylic acid groups (broad SMARTS) is 1. The Kier molecular flexibility index (Phi) is 6.93. The minimum absolute atomic E-state index is 0.0753. The number of anilines is 1. The van der Waals surface area contributed by atoms with Crippen molar-refractivity contribution >= 4 is 52.8 Å². The summed E-state index contributed by atoms with van der Waals surface area (Å²) >= 11 is 2.68. The highest BCUT2D eigenvalue weighted by Gasteiger charge is 2.54. The molecule has 2 aromatic heterocycles. The van der Waals surface area contributed by atoms with Gasteiger partial charge in [0, 0.05) is 30.1 Å². The predicted molar refractivity (Wildman–Crippen MR) is 122 cm³/mol. The van der Waals surface area contributed by atoms with Crippen LogP contribution in [-0.4, -0.2) is 83.5 Å². The zero-order valence-electron chi connectivity index (χ0n) is 17.6. The molecule has 0 aliphatic carbocycles. The van der Waals surface area contributed by atoms with E-state index in [2.05, 4.69) is 30.4 Å². The molecule has 4 N–H and O–H groups in total. The summed E-state index contributed by atoms with van der Waals surface area (Å²) in [5.74, 6) is -1.77. The van der Waals surface area contributed by atoms with Gasteiger partial charge in [-0.25, -0.2) is 19.7 Å². The van der Waals surface area contributed by atoms with Crippen molar-refractivity contribution in [3.63, 3.8) is 0 Å². The molecule has 0 spiro atoms. The molecule has 1 unspecified atom stereocenters. The van der Waals surface area contributed by atoms with E-state index >= 15 is 0 Å². The van der Waals surface area contributed by atoms with Gasteiger partial charge in [0.1, 0.15) is 35.1 Å². The number of hydrogen-bond donors (Lipinski definition) is 3. The number of thioether (sulfide) groups is 2. The minimum atomic E-state index is -1.21. The van der Waals surface area contributed by atoms with Crippen LogP contribution in [0.15, 0.2) is 52.3 Å². The first kappa shape index (κ1) is 23.4. The topological polar surface area (TPSA) is 186 Å². The first-order valence-electron chi connectivity index (χ1n) is 9.70. The van der Waals surface area contributed by atoms with Crippen LogP contribution in [0, 0.1) is 0 Å². The van der Waals surface area contributed by atoms with E-state index in [9.17, 15) is 19.5 Å². The maximum Gasteiger partial charge on any atom is 0.352 e. The molecule has 15 heteroatoms. The lowest BCUT2D eigenvalue weighted by Crippen LogP contribution is -2.71. The minimum Gasteiger partial charge on any atom is -0.477 e. The molecule has 2 atom stereocenters. The molecular formula is C19H18N8O5S2. The quantitative estimate of drug-likeness (QED) is 0.186. The lowest BCUT2D eigenvalue weighted by atomic mass is 10.0. The molecule has 2 amide bonds. The Morgan fingerprint density at radius 1 is 1.38 bits per heavy atom. The van der Waals surface area contributed by atoms with Crippen molar-refractivity contribution in [3.05, 3.63) is 47.9 Å². The summed E-state index contributed by atoms with van der Waals surface area (Å²) in [6, 6.07) is 0.488. The Balaban J connectivity index is 1.50. The van der Waals surface area contributed by atoms with E-state index in [0.717, 1.165) is 0 Å². The molecule has 2 aliphatic heterocycles. The monoisotopic (exact) mass is 502 g/mol. The SMILES string of the molecule is CON=C(C(=O)NC1C(=O)N2C(C(=O)O)=C(CSc3cnccn3)CS[C@@H]12)c1nccc(N)n1. The van der Waals surface area contributed by atoms with Crippen LogP contribution in [0.5, 0.6) is 0 Å². The van der Waals surface area contributed by atoms with E-state index in [-0.39, 0.29) is 23.1 Å². The second kappa shape index (κ2) is 10.0. The average Bonchev–Trinajstić information content (AvgIpc) is 2.84. The number of rotatable bonds is 8. The number of carbonyl (C=O) groups excluding carboxylic acids is 2. The third kappa shape index (κ3) is 4.65. The van der Waals surface area contributed by atoms with Gasteiger partial charge >= 0.3 is 5.97 Å². The zero-order valence-corrected chi connectivity index (χ0v) is 19.2. The van der Waals surface area contributed by atoms with Gasteiger partial charge in [-0.3, -0.25) is 19.5 Å². The van der Waals surface area contributed by atoms with E-state index in [1.54, 1.807) is 18.6 Å². The molecule has 0 saturated carbocycles. The molecule has 1 saturated heterocycles. The number of β-lactam (4-membered cyclic amide) rings is 1. The fourth-order valence-electron chi connectivity index (χ4n) is 3.29. The number of amides is 2. The molecule has 1 fully saturated rings. The summed E-state index contributed by atoms with van der Waals surface area (Å²) in [6.45, 7) is 0. The zero-order chi connectivity index (χ0) is 24.2. The van der Waals surface area contributed by atoms with Gasteiger partial charge < -0.3 is 21.0 Å². The maximum absolute atomic E-state index is 12.9. The molecule has 34 heavy (non-hydrogen) atoms. The summed E-state index contributed by atoms with van der Waals surface area (Å²) in [7, 11) is 1.25. The van der Waals surface area contributed by atoms with E-state index < -0.39 is 29.2 Å². The number of oxime groups is 1. The van der Waals surface area contributed by atoms with Gasteiger partial charge in [-0.2, -0.15) is 0 Å². The maximum atomic E-state index is 12.9. The van der Waals surface area contributed by atoms with E-state index in [0.29, 0.717) is 22.1 Å². The van der Waals surface area contributed by atoms with Crippen LogP contribution in [-0.2, 0) is 19.2 Å². The Bertz CT molecular complexity index is 1190. The number of hydrogen-bond acceptors (Lipinski definition) is 12. The highest BCUT2D eigenvalue weighted by molar-refractivity contribution is 8.01. The molecule has 2 aliphatic rings. The molecule has 176 valence electrons. The van der Waals surface area contributed by atoms with Crippen molar-refractivity contribution in [1.29, 1.82) is 0 Å². The fourth-order valence-corrected chi connectivity index (χ4v) is 5.59. The lowest BCUT2D eigenvalue weighted by Gasteiger charge is -2.49. The van der Waals surface area contributed by atoms with Gasteiger partial charge in [0.05, 0.1) is 6.20 Å². The largest absolute Gasteiger partial charge is 0.477 e. The number of nitrogens with one attached hydrogen (secondary N) is 1. The van der Waals surface area contributed by atoms with Gasteiger partial charge in [-0.05, 0) is 11.6 Å². The van der Waals surface area contributed by atoms with E-state index in [1.165, 1.54) is 47.8 Å². The Hall–Kier alpha value is -3.72. The average molecular weight is 503 g/mol. The summed E-state index contributed by atoms with van der Waals surface area (Å²) in [5.41, 5.74) is 5.88. The summed E-state index contributed by atoms with van der Waals surface area (Å²) in [4.78, 5) is 59.7. The second-order valence-electron chi connectivity index (χ2n) is 6.88. The van der Waals surface area contributed by atoms with Crippen LogP contribution in [0.3, 0.4) is 0 Å². The molecule has 13 nitrogen and oxygen atoms in total. The van der Waals surface area contributed by atoms with Gasteiger partial charge in [0.2, 0.25) is 5.71 Å². The van der Waals surface area contributed by atoms with Crippen molar-refractivity contribution in [2.45, 2.75) is 16.4 Å². The number of carboxylic acids is 1. The Morgan fingerprint density at radius 2 is 2.21 bits per heavy atom. The number of nitrogens with zero attached hydrogens (tertiary/aromatic N) is 6. The number of aromatic nitrogens is 4. The molecule has 2 aromatic rings. The number of nitrogen functional groups attached to an aromatic ring is 1. The number of fused-ring (bicyclic) bond motifs is 1. The number of nitrogens with two attached hydrogens (primary N) is 1. The second-order valence-corrected chi connectivity index (χ2v) is 8.98. The summed E-state index contributed by atoms with van der Waals surface area (Å²) < 4.78 is 0. The van der Waals surface area contributed by atoms with Crippen LogP contribution >= 0.6 is 23.5 Å². The third-order valence-electron chi connectivity index (χ3n) is 4.76. The van der Waals surface area contributed by atoms with Crippen molar-refractivity contribution in [1.82, 2.24) is 30.2 Å². The highest BCUT2D eigenvalue weighted by atomic mass is 32.2. The number of carbonyl (C=O) groups is 3. The molecule has 4 heterocycles. The normalized spacial score (nSPS) is 19.9. The molecule has 0 bridgehead atoms.